The van der Waals surface area contributed by atoms with Gasteiger partial charge in [0, 0.05) is 23.5 Å². The fraction of sp³-hybridized carbons (Fsp3) is 0.429. The molecular weight excluding hydrogens is 241 g/mol. The van der Waals surface area contributed by atoms with Crippen LogP contribution in [0.25, 0.3) is 0 Å². The molecule has 0 radical (unpaired) electrons. The summed E-state index contributed by atoms with van der Waals surface area (Å²) in [6, 6.07) is 3.90. The number of allylic oxidation sites excluding steroid dienone is 6. The molecule has 1 unspecified atom stereocenters. The fourth-order valence-corrected chi connectivity index (χ4v) is 2.17. The van der Waals surface area contributed by atoms with Crippen molar-refractivity contribution in [2.75, 3.05) is 12.7 Å². The quantitative estimate of drug-likeness (QED) is 0.575. The monoisotopic (exact) mass is 259 g/mol. The molecular formula is C14H18N3P. The zero-order chi connectivity index (χ0) is 13.5. The Hall–Kier alpha value is -1.57. The van der Waals surface area contributed by atoms with Gasteiger partial charge in [0.25, 0.3) is 0 Å². The highest BCUT2D eigenvalue weighted by Gasteiger charge is 2.16. The van der Waals surface area contributed by atoms with Gasteiger partial charge in [-0.15, -0.1) is 9.24 Å². The van der Waals surface area contributed by atoms with E-state index in [2.05, 4.69) is 21.1 Å². The van der Waals surface area contributed by atoms with Crippen LogP contribution < -0.4 is 0 Å². The van der Waals surface area contributed by atoms with Crippen LogP contribution in [-0.2, 0) is 0 Å². The second kappa shape index (κ2) is 7.00. The molecule has 1 heterocycles. The van der Waals surface area contributed by atoms with Gasteiger partial charge in [-0.2, -0.15) is 10.5 Å². The highest BCUT2D eigenvalue weighted by Crippen LogP contribution is 2.26. The van der Waals surface area contributed by atoms with Crippen molar-refractivity contribution >= 4 is 9.24 Å². The van der Waals surface area contributed by atoms with Crippen LogP contribution >= 0.6 is 9.24 Å². The maximum atomic E-state index is 8.93. The van der Waals surface area contributed by atoms with Crippen molar-refractivity contribution in [3.8, 4) is 12.1 Å². The summed E-state index contributed by atoms with van der Waals surface area (Å²) in [5.74, 6) is 0. The van der Waals surface area contributed by atoms with E-state index in [0.717, 1.165) is 36.8 Å². The predicted molar refractivity (Wildman–Crippen MR) is 76.3 cm³/mol. The Labute approximate surface area is 111 Å². The molecule has 3 nitrogen and oxygen atoms in total. The third kappa shape index (κ3) is 3.22. The van der Waals surface area contributed by atoms with Crippen molar-refractivity contribution in [3.05, 3.63) is 34.7 Å². The van der Waals surface area contributed by atoms with Gasteiger partial charge < -0.3 is 4.90 Å². The lowest BCUT2D eigenvalue weighted by molar-refractivity contribution is 0.411. The Morgan fingerprint density at radius 3 is 2.50 bits per heavy atom. The third-order valence-corrected chi connectivity index (χ3v) is 3.33. The molecule has 0 saturated heterocycles. The summed E-state index contributed by atoms with van der Waals surface area (Å²) < 4.78 is 0. The lowest BCUT2D eigenvalue weighted by Crippen LogP contribution is -2.25. The summed E-state index contributed by atoms with van der Waals surface area (Å²) in [4.78, 5) is 2.26. The van der Waals surface area contributed by atoms with E-state index in [1.165, 1.54) is 5.70 Å². The van der Waals surface area contributed by atoms with Crippen molar-refractivity contribution in [2.24, 2.45) is 0 Å². The molecule has 0 aromatic heterocycles. The lowest BCUT2D eigenvalue weighted by Gasteiger charge is -2.31. The Morgan fingerprint density at radius 2 is 2.00 bits per heavy atom. The van der Waals surface area contributed by atoms with E-state index in [9.17, 15) is 0 Å². The van der Waals surface area contributed by atoms with Gasteiger partial charge >= 0.3 is 0 Å². The highest BCUT2D eigenvalue weighted by molar-refractivity contribution is 7.16. The predicted octanol–water partition coefficient (Wildman–Crippen LogP) is 3.11. The molecule has 1 rings (SSSR count). The largest absolute Gasteiger partial charge is 0.349 e. The molecule has 0 spiro atoms. The van der Waals surface area contributed by atoms with Gasteiger partial charge in [-0.1, -0.05) is 6.92 Å². The molecule has 0 N–H and O–H groups in total. The standard InChI is InChI=1S/C14H18N3P/c1-3-14-8-12(13(9-15)10-16)7-11(2)17(14)5-4-6-18/h7-8H,3-6,18H2,1-2H3. The van der Waals surface area contributed by atoms with Gasteiger partial charge in [-0.25, -0.2) is 0 Å². The van der Waals surface area contributed by atoms with E-state index in [1.54, 1.807) is 0 Å². The molecule has 94 valence electrons. The maximum absolute atomic E-state index is 8.93. The van der Waals surface area contributed by atoms with Crippen LogP contribution in [0.4, 0.5) is 0 Å². The lowest BCUT2D eigenvalue weighted by atomic mass is 10.0. The maximum Gasteiger partial charge on any atom is 0.137 e. The van der Waals surface area contributed by atoms with E-state index >= 15 is 0 Å². The molecule has 0 aliphatic carbocycles. The van der Waals surface area contributed by atoms with Gasteiger partial charge in [0.2, 0.25) is 0 Å². The molecule has 18 heavy (non-hydrogen) atoms. The van der Waals surface area contributed by atoms with Crippen LogP contribution in [0.2, 0.25) is 0 Å². The Bertz CT molecular complexity index is 470. The molecule has 1 aliphatic heterocycles. The topological polar surface area (TPSA) is 50.8 Å². The van der Waals surface area contributed by atoms with Crippen molar-refractivity contribution in [1.82, 2.24) is 4.90 Å². The molecule has 0 fully saturated rings. The summed E-state index contributed by atoms with van der Waals surface area (Å²) in [5.41, 5.74) is 3.19. The van der Waals surface area contributed by atoms with Gasteiger partial charge in [-0.3, -0.25) is 0 Å². The first-order chi connectivity index (χ1) is 8.67. The summed E-state index contributed by atoms with van der Waals surface area (Å²) in [5, 5.41) is 17.9. The number of hydrogen-bond acceptors (Lipinski definition) is 3. The SMILES string of the molecule is CCC1=CC(=C(C#N)C#N)C=C(C)N1CCCP. The Balaban J connectivity index is 3.12. The number of hydrogen-bond donors (Lipinski definition) is 0. The average molecular weight is 259 g/mol. The third-order valence-electron chi connectivity index (χ3n) is 2.92. The fourth-order valence-electron chi connectivity index (χ4n) is 1.99. The minimum atomic E-state index is 0.186. The molecule has 1 atom stereocenters. The molecule has 0 aromatic rings. The number of nitriles is 2. The molecule has 0 bridgehead atoms. The van der Waals surface area contributed by atoms with Crippen LogP contribution in [-0.4, -0.2) is 17.6 Å². The first-order valence-electron chi connectivity index (χ1n) is 6.08. The van der Waals surface area contributed by atoms with E-state index in [4.69, 9.17) is 10.5 Å². The van der Waals surface area contributed by atoms with Crippen molar-refractivity contribution in [2.45, 2.75) is 26.7 Å². The van der Waals surface area contributed by atoms with E-state index in [1.807, 2.05) is 31.2 Å². The van der Waals surface area contributed by atoms with E-state index in [0.29, 0.717) is 0 Å². The number of nitrogens with zero attached hydrogens (tertiary/aromatic N) is 3. The first kappa shape index (κ1) is 14.5. The molecule has 4 heteroatoms. The first-order valence-corrected chi connectivity index (χ1v) is 6.90. The summed E-state index contributed by atoms with van der Waals surface area (Å²) >= 11 is 0. The zero-order valence-corrected chi connectivity index (χ0v) is 12.1. The number of rotatable bonds is 4. The minimum absolute atomic E-state index is 0.186. The summed E-state index contributed by atoms with van der Waals surface area (Å²) in [7, 11) is 2.73. The Morgan fingerprint density at radius 1 is 1.33 bits per heavy atom. The zero-order valence-electron chi connectivity index (χ0n) is 10.9. The van der Waals surface area contributed by atoms with Crippen LogP contribution in [0, 0.1) is 22.7 Å². The highest BCUT2D eigenvalue weighted by atomic mass is 31.0. The molecule has 0 saturated carbocycles. The van der Waals surface area contributed by atoms with Crippen LogP contribution in [0.1, 0.15) is 26.7 Å². The normalized spacial score (nSPS) is 14.5. The minimum Gasteiger partial charge on any atom is -0.349 e. The second-order valence-corrected chi connectivity index (χ2v) is 4.70. The van der Waals surface area contributed by atoms with Gasteiger partial charge in [-0.05, 0) is 38.1 Å². The van der Waals surface area contributed by atoms with E-state index < -0.39 is 0 Å². The molecule has 0 aromatic carbocycles. The van der Waals surface area contributed by atoms with Gasteiger partial charge in [0.1, 0.15) is 17.7 Å². The van der Waals surface area contributed by atoms with Crippen molar-refractivity contribution < 1.29 is 0 Å². The van der Waals surface area contributed by atoms with Crippen molar-refractivity contribution in [1.29, 1.82) is 10.5 Å². The molecule has 0 amide bonds. The summed E-state index contributed by atoms with van der Waals surface area (Å²) in [6.45, 7) is 5.10. The smallest absolute Gasteiger partial charge is 0.137 e. The average Bonchev–Trinajstić information content (AvgIpc) is 2.38. The van der Waals surface area contributed by atoms with Crippen molar-refractivity contribution in [3.63, 3.8) is 0 Å². The van der Waals surface area contributed by atoms with Crippen LogP contribution in [0.5, 0.6) is 0 Å². The van der Waals surface area contributed by atoms with Gasteiger partial charge in [0.15, 0.2) is 0 Å². The Kier molecular flexibility index (Phi) is 5.63. The van der Waals surface area contributed by atoms with Gasteiger partial charge in [0.05, 0.1) is 0 Å². The van der Waals surface area contributed by atoms with Crippen LogP contribution in [0.15, 0.2) is 34.7 Å². The second-order valence-electron chi connectivity index (χ2n) is 4.12. The van der Waals surface area contributed by atoms with E-state index in [-0.39, 0.29) is 5.57 Å². The van der Waals surface area contributed by atoms with Crippen LogP contribution in [0.3, 0.4) is 0 Å². The summed E-state index contributed by atoms with van der Waals surface area (Å²) in [6.07, 6.45) is 6.96. The molecule has 1 aliphatic rings.